The molecule has 0 spiro atoms. The van der Waals surface area contributed by atoms with Crippen molar-refractivity contribution in [3.63, 3.8) is 0 Å². The van der Waals surface area contributed by atoms with Crippen LogP contribution >= 0.6 is 11.3 Å². The van der Waals surface area contributed by atoms with Gasteiger partial charge in [-0.3, -0.25) is 9.69 Å². The van der Waals surface area contributed by atoms with Crippen LogP contribution in [-0.4, -0.2) is 47.3 Å². The van der Waals surface area contributed by atoms with Gasteiger partial charge in [-0.2, -0.15) is 13.2 Å². The van der Waals surface area contributed by atoms with E-state index in [4.69, 9.17) is 0 Å². The van der Waals surface area contributed by atoms with E-state index in [1.54, 1.807) is 5.38 Å². The number of alkyl halides is 3. The number of ether oxygens (including phenoxy) is 1. The molecule has 2 heterocycles. The van der Waals surface area contributed by atoms with E-state index in [1.165, 1.54) is 17.5 Å². The molecule has 1 aliphatic heterocycles. The third kappa shape index (κ3) is 4.31. The summed E-state index contributed by atoms with van der Waals surface area (Å²) >= 11 is 1.21. The zero-order valence-electron chi connectivity index (χ0n) is 10.7. The summed E-state index contributed by atoms with van der Waals surface area (Å²) in [4.78, 5) is 28.5. The standard InChI is InChI=1S/C11H12F3N3O3S/c12-11(13,14)6-20-10(19)17-4-1-2-7(17)8(18)16-9-15-3-5-21-9/h3,5,7H,1-2,4,6H2,(H,15,16,18). The van der Waals surface area contributed by atoms with Gasteiger partial charge in [0.15, 0.2) is 11.7 Å². The zero-order chi connectivity index (χ0) is 15.5. The van der Waals surface area contributed by atoms with Crippen LogP contribution in [0.4, 0.5) is 23.1 Å². The van der Waals surface area contributed by atoms with Crippen molar-refractivity contribution in [1.82, 2.24) is 9.88 Å². The van der Waals surface area contributed by atoms with E-state index in [9.17, 15) is 22.8 Å². The van der Waals surface area contributed by atoms with Crippen LogP contribution < -0.4 is 5.32 Å². The van der Waals surface area contributed by atoms with Crippen LogP contribution in [0, 0.1) is 0 Å². The second-order valence-electron chi connectivity index (χ2n) is 4.35. The molecule has 2 amide bonds. The molecule has 21 heavy (non-hydrogen) atoms. The Morgan fingerprint density at radius 3 is 2.90 bits per heavy atom. The first-order chi connectivity index (χ1) is 9.87. The normalized spacial score (nSPS) is 18.6. The third-order valence-electron chi connectivity index (χ3n) is 2.81. The first kappa shape index (κ1) is 15.5. The molecule has 2 rings (SSSR count). The van der Waals surface area contributed by atoms with E-state index in [2.05, 4.69) is 15.0 Å². The van der Waals surface area contributed by atoms with Gasteiger partial charge in [-0.05, 0) is 12.8 Å². The number of halogens is 3. The van der Waals surface area contributed by atoms with Crippen LogP contribution in [0.1, 0.15) is 12.8 Å². The molecule has 0 aliphatic carbocycles. The van der Waals surface area contributed by atoms with Crippen molar-refractivity contribution >= 4 is 28.5 Å². The molecular weight excluding hydrogens is 311 g/mol. The van der Waals surface area contributed by atoms with Crippen LogP contribution in [0.5, 0.6) is 0 Å². The van der Waals surface area contributed by atoms with Crippen molar-refractivity contribution < 1.29 is 27.5 Å². The highest BCUT2D eigenvalue weighted by Crippen LogP contribution is 2.22. The summed E-state index contributed by atoms with van der Waals surface area (Å²) in [7, 11) is 0. The van der Waals surface area contributed by atoms with Crippen molar-refractivity contribution in [3.05, 3.63) is 11.6 Å². The molecular formula is C11H12F3N3O3S. The fraction of sp³-hybridized carbons (Fsp3) is 0.545. The van der Waals surface area contributed by atoms with Gasteiger partial charge in [-0.1, -0.05) is 0 Å². The second kappa shape index (κ2) is 6.29. The Morgan fingerprint density at radius 1 is 1.52 bits per heavy atom. The number of nitrogens with zero attached hydrogens (tertiary/aromatic N) is 2. The Hall–Kier alpha value is -1.84. The minimum Gasteiger partial charge on any atom is -0.440 e. The Morgan fingerprint density at radius 2 is 2.29 bits per heavy atom. The summed E-state index contributed by atoms with van der Waals surface area (Å²) in [5.74, 6) is -0.480. The van der Waals surface area contributed by atoms with Gasteiger partial charge in [0, 0.05) is 18.1 Å². The number of nitrogens with one attached hydrogen (secondary N) is 1. The highest BCUT2D eigenvalue weighted by molar-refractivity contribution is 7.13. The molecule has 116 valence electrons. The lowest BCUT2D eigenvalue weighted by atomic mass is 10.2. The van der Waals surface area contributed by atoms with Gasteiger partial charge >= 0.3 is 12.3 Å². The summed E-state index contributed by atoms with van der Waals surface area (Å²) < 4.78 is 40.3. The molecule has 10 heteroatoms. The van der Waals surface area contributed by atoms with Gasteiger partial charge in [-0.15, -0.1) is 11.3 Å². The smallest absolute Gasteiger partial charge is 0.422 e. The van der Waals surface area contributed by atoms with Crippen LogP contribution in [0.2, 0.25) is 0 Å². The van der Waals surface area contributed by atoms with E-state index in [0.29, 0.717) is 18.0 Å². The number of hydrogen-bond acceptors (Lipinski definition) is 5. The number of carbonyl (C=O) groups excluding carboxylic acids is 2. The lowest BCUT2D eigenvalue weighted by Gasteiger charge is -2.23. The molecule has 1 aliphatic rings. The average Bonchev–Trinajstić information content (AvgIpc) is 3.05. The zero-order valence-corrected chi connectivity index (χ0v) is 11.5. The summed E-state index contributed by atoms with van der Waals surface area (Å²) in [5, 5.41) is 4.55. The third-order valence-corrected chi connectivity index (χ3v) is 3.50. The Balaban J connectivity index is 1.93. The van der Waals surface area contributed by atoms with Gasteiger partial charge in [0.1, 0.15) is 6.04 Å². The van der Waals surface area contributed by atoms with Crippen molar-refractivity contribution in [2.24, 2.45) is 0 Å². The Labute approximate surface area is 121 Å². The number of carbonyl (C=O) groups is 2. The van der Waals surface area contributed by atoms with E-state index < -0.39 is 30.8 Å². The first-order valence-corrected chi connectivity index (χ1v) is 6.95. The molecule has 6 nitrogen and oxygen atoms in total. The molecule has 1 unspecified atom stereocenters. The number of thiazole rings is 1. The Kier molecular flexibility index (Phi) is 4.66. The van der Waals surface area contributed by atoms with Gasteiger partial charge < -0.3 is 10.1 Å². The van der Waals surface area contributed by atoms with Crippen LogP contribution in [0.15, 0.2) is 11.6 Å². The number of rotatable bonds is 3. The fourth-order valence-electron chi connectivity index (χ4n) is 1.96. The first-order valence-electron chi connectivity index (χ1n) is 6.07. The molecule has 1 atom stereocenters. The van der Waals surface area contributed by atoms with E-state index in [1.807, 2.05) is 0 Å². The lowest BCUT2D eigenvalue weighted by molar-refractivity contribution is -0.162. The number of anilines is 1. The van der Waals surface area contributed by atoms with Gasteiger partial charge in [-0.25, -0.2) is 9.78 Å². The van der Waals surface area contributed by atoms with E-state index in [-0.39, 0.29) is 6.54 Å². The minimum absolute atomic E-state index is 0.187. The molecule has 1 aromatic rings. The second-order valence-corrected chi connectivity index (χ2v) is 5.24. The minimum atomic E-state index is -4.59. The molecule has 0 bridgehead atoms. The number of aromatic nitrogens is 1. The van der Waals surface area contributed by atoms with E-state index >= 15 is 0 Å². The average molecular weight is 323 g/mol. The molecule has 0 aromatic carbocycles. The SMILES string of the molecule is O=C(Nc1nccs1)C1CCCN1C(=O)OCC(F)(F)F. The maximum Gasteiger partial charge on any atom is 0.422 e. The van der Waals surface area contributed by atoms with Crippen molar-refractivity contribution in [2.45, 2.75) is 25.1 Å². The molecule has 0 saturated carbocycles. The quantitative estimate of drug-likeness (QED) is 0.926. The van der Waals surface area contributed by atoms with Crippen LogP contribution in [0.25, 0.3) is 0 Å². The van der Waals surface area contributed by atoms with Gasteiger partial charge in [0.2, 0.25) is 5.91 Å². The maximum absolute atomic E-state index is 12.0. The summed E-state index contributed by atoms with van der Waals surface area (Å²) in [5.41, 5.74) is 0. The van der Waals surface area contributed by atoms with Crippen LogP contribution in [-0.2, 0) is 9.53 Å². The fourth-order valence-corrected chi connectivity index (χ4v) is 2.49. The van der Waals surface area contributed by atoms with Gasteiger partial charge in [0.05, 0.1) is 0 Å². The summed E-state index contributed by atoms with van der Waals surface area (Å²) in [6.45, 7) is -1.48. The molecule has 1 aromatic heterocycles. The highest BCUT2D eigenvalue weighted by atomic mass is 32.1. The Bertz CT molecular complexity index is 507. The highest BCUT2D eigenvalue weighted by Gasteiger charge is 2.37. The predicted octanol–water partition coefficient (Wildman–Crippen LogP) is 2.24. The number of likely N-dealkylation sites (tertiary alicyclic amines) is 1. The molecule has 0 radical (unpaired) electrons. The summed E-state index contributed by atoms with van der Waals surface area (Å²) in [6.07, 6.45) is -3.32. The summed E-state index contributed by atoms with van der Waals surface area (Å²) in [6, 6.07) is -0.838. The molecule has 1 N–H and O–H groups in total. The van der Waals surface area contributed by atoms with Crippen molar-refractivity contribution in [2.75, 3.05) is 18.5 Å². The molecule has 1 fully saturated rings. The van der Waals surface area contributed by atoms with Crippen LogP contribution in [0.3, 0.4) is 0 Å². The monoisotopic (exact) mass is 323 g/mol. The van der Waals surface area contributed by atoms with Crippen molar-refractivity contribution in [3.8, 4) is 0 Å². The number of amides is 2. The van der Waals surface area contributed by atoms with Gasteiger partial charge in [0.25, 0.3) is 0 Å². The van der Waals surface area contributed by atoms with Crippen molar-refractivity contribution in [1.29, 1.82) is 0 Å². The maximum atomic E-state index is 12.0. The number of hydrogen-bond donors (Lipinski definition) is 1. The largest absolute Gasteiger partial charge is 0.440 e. The van der Waals surface area contributed by atoms with E-state index in [0.717, 1.165) is 4.90 Å². The topological polar surface area (TPSA) is 71.5 Å². The molecule has 1 saturated heterocycles. The lowest BCUT2D eigenvalue weighted by Crippen LogP contribution is -2.44. The predicted molar refractivity (Wildman–Crippen MR) is 67.9 cm³/mol.